The van der Waals surface area contributed by atoms with Crippen LogP contribution in [0, 0.1) is 5.82 Å². The number of hydrogen-bond acceptors (Lipinski definition) is 3. The zero-order valence-electron chi connectivity index (χ0n) is 16.3. The monoisotopic (exact) mass is 382 g/mol. The van der Waals surface area contributed by atoms with Gasteiger partial charge >= 0.3 is 0 Å². The lowest BCUT2D eigenvalue weighted by Crippen LogP contribution is -2.42. The number of piperidine rings is 1. The van der Waals surface area contributed by atoms with E-state index < -0.39 is 5.60 Å². The number of halogens is 1. The lowest BCUT2D eigenvalue weighted by Gasteiger charge is -2.38. The van der Waals surface area contributed by atoms with Crippen molar-refractivity contribution < 1.29 is 14.2 Å². The van der Waals surface area contributed by atoms with Crippen LogP contribution in [-0.2, 0) is 23.4 Å². The van der Waals surface area contributed by atoms with Crippen LogP contribution in [0.3, 0.4) is 0 Å². The summed E-state index contributed by atoms with van der Waals surface area (Å²) in [6, 6.07) is 15.0. The number of fused-ring (bicyclic) bond motifs is 1. The van der Waals surface area contributed by atoms with E-state index in [0.29, 0.717) is 25.0 Å². The summed E-state index contributed by atoms with van der Waals surface area (Å²) in [6.07, 6.45) is 3.29. The van der Waals surface area contributed by atoms with E-state index in [1.54, 1.807) is 25.3 Å². The molecule has 0 spiro atoms. The molecule has 2 aromatic carbocycles. The van der Waals surface area contributed by atoms with E-state index in [0.717, 1.165) is 26.2 Å². The highest BCUT2D eigenvalue weighted by Crippen LogP contribution is 2.35. The largest absolute Gasteiger partial charge is 0.385 e. The second kappa shape index (κ2) is 8.03. The molecule has 1 aromatic heterocycles. The molecule has 0 saturated carbocycles. The van der Waals surface area contributed by atoms with Crippen molar-refractivity contribution in [1.29, 1.82) is 0 Å². The van der Waals surface area contributed by atoms with Gasteiger partial charge in [-0.3, -0.25) is 4.90 Å². The summed E-state index contributed by atoms with van der Waals surface area (Å²) < 4.78 is 21.6. The second-order valence-electron chi connectivity index (χ2n) is 7.65. The summed E-state index contributed by atoms with van der Waals surface area (Å²) >= 11 is 0. The third-order valence-electron chi connectivity index (χ3n) is 5.86. The van der Waals surface area contributed by atoms with Crippen LogP contribution in [0.1, 0.15) is 24.0 Å². The topological polar surface area (TPSA) is 37.6 Å². The Morgan fingerprint density at radius 3 is 2.54 bits per heavy atom. The van der Waals surface area contributed by atoms with E-state index in [2.05, 4.69) is 39.9 Å². The zero-order chi connectivity index (χ0) is 19.6. The van der Waals surface area contributed by atoms with Crippen molar-refractivity contribution in [2.75, 3.05) is 26.8 Å². The van der Waals surface area contributed by atoms with Crippen molar-refractivity contribution >= 4 is 10.9 Å². The molecule has 0 bridgehead atoms. The summed E-state index contributed by atoms with van der Waals surface area (Å²) in [7, 11) is 1.72. The molecule has 5 heteroatoms. The van der Waals surface area contributed by atoms with Crippen molar-refractivity contribution in [2.24, 2.45) is 0 Å². The molecule has 1 aliphatic heterocycles. The maximum Gasteiger partial charge on any atom is 0.129 e. The van der Waals surface area contributed by atoms with Gasteiger partial charge in [0.25, 0.3) is 0 Å². The number of methoxy groups -OCH3 is 1. The first-order chi connectivity index (χ1) is 13.6. The van der Waals surface area contributed by atoms with Gasteiger partial charge in [-0.2, -0.15) is 0 Å². The third-order valence-corrected chi connectivity index (χ3v) is 5.86. The van der Waals surface area contributed by atoms with E-state index in [1.807, 2.05) is 0 Å². The number of nitrogens with zero attached hydrogens (tertiary/aromatic N) is 2. The average Bonchev–Trinajstić information content (AvgIpc) is 3.06. The van der Waals surface area contributed by atoms with Gasteiger partial charge in [0.1, 0.15) is 5.82 Å². The van der Waals surface area contributed by atoms with Crippen molar-refractivity contribution in [3.05, 3.63) is 71.7 Å². The Morgan fingerprint density at radius 1 is 1.07 bits per heavy atom. The van der Waals surface area contributed by atoms with Gasteiger partial charge in [-0.05, 0) is 30.5 Å². The molecule has 148 valence electrons. The molecular weight excluding hydrogens is 355 g/mol. The molecule has 1 saturated heterocycles. The van der Waals surface area contributed by atoms with E-state index in [9.17, 15) is 9.50 Å². The Bertz CT molecular complexity index is 945. The van der Waals surface area contributed by atoms with Crippen LogP contribution < -0.4 is 0 Å². The van der Waals surface area contributed by atoms with Crippen molar-refractivity contribution in [3.8, 4) is 0 Å². The minimum atomic E-state index is -1.08. The molecular formula is C23H27FN2O2. The Labute approximate surface area is 165 Å². The number of hydrogen-bond donors (Lipinski definition) is 1. The van der Waals surface area contributed by atoms with Gasteiger partial charge in [0, 0.05) is 56.0 Å². The predicted molar refractivity (Wildman–Crippen MR) is 109 cm³/mol. The highest BCUT2D eigenvalue weighted by molar-refractivity contribution is 5.83. The van der Waals surface area contributed by atoms with Gasteiger partial charge in [0.05, 0.1) is 12.2 Å². The van der Waals surface area contributed by atoms with Crippen LogP contribution >= 0.6 is 0 Å². The molecule has 1 N–H and O–H groups in total. The number of aromatic nitrogens is 1. The van der Waals surface area contributed by atoms with Gasteiger partial charge in [-0.25, -0.2) is 4.39 Å². The standard InChI is InChI=1S/C23H27FN2O2/c1-28-15-14-26-17-18(19-6-2-5-9-22(19)26)16-25-12-10-23(27,11-13-25)20-7-3-4-8-21(20)24/h2-9,17,27H,10-16H2,1H3. The van der Waals surface area contributed by atoms with Crippen molar-refractivity contribution in [3.63, 3.8) is 0 Å². The van der Waals surface area contributed by atoms with E-state index in [1.165, 1.54) is 22.5 Å². The van der Waals surface area contributed by atoms with Gasteiger partial charge in [0.2, 0.25) is 0 Å². The fraction of sp³-hybridized carbons (Fsp3) is 0.391. The highest BCUT2D eigenvalue weighted by atomic mass is 19.1. The second-order valence-corrected chi connectivity index (χ2v) is 7.65. The fourth-order valence-corrected chi connectivity index (χ4v) is 4.25. The summed E-state index contributed by atoms with van der Waals surface area (Å²) in [5.74, 6) is -0.320. The Hall–Kier alpha value is -2.21. The van der Waals surface area contributed by atoms with Crippen LogP contribution in [0.5, 0.6) is 0 Å². The molecule has 4 nitrogen and oxygen atoms in total. The van der Waals surface area contributed by atoms with E-state index in [-0.39, 0.29) is 5.82 Å². The molecule has 0 aliphatic carbocycles. The summed E-state index contributed by atoms with van der Waals surface area (Å²) in [5, 5.41) is 12.3. The summed E-state index contributed by atoms with van der Waals surface area (Å²) in [5.41, 5.74) is 1.84. The normalized spacial score (nSPS) is 17.2. The van der Waals surface area contributed by atoms with Crippen LogP contribution in [-0.4, -0.2) is 41.4 Å². The van der Waals surface area contributed by atoms with Gasteiger partial charge < -0.3 is 14.4 Å². The highest BCUT2D eigenvalue weighted by Gasteiger charge is 2.36. The van der Waals surface area contributed by atoms with Crippen LogP contribution in [0.2, 0.25) is 0 Å². The maximum absolute atomic E-state index is 14.2. The molecule has 0 amide bonds. The predicted octanol–water partition coefficient (Wildman–Crippen LogP) is 3.91. The first-order valence-corrected chi connectivity index (χ1v) is 9.86. The molecule has 4 rings (SSSR count). The number of benzene rings is 2. The van der Waals surface area contributed by atoms with Crippen LogP contribution in [0.4, 0.5) is 4.39 Å². The molecule has 0 unspecified atom stereocenters. The smallest absolute Gasteiger partial charge is 0.129 e. The van der Waals surface area contributed by atoms with Gasteiger partial charge in [-0.15, -0.1) is 0 Å². The first kappa shape index (κ1) is 19.1. The van der Waals surface area contributed by atoms with Crippen LogP contribution in [0.25, 0.3) is 10.9 Å². The number of para-hydroxylation sites is 1. The first-order valence-electron chi connectivity index (χ1n) is 9.86. The number of rotatable bonds is 6. The number of likely N-dealkylation sites (tertiary alicyclic amines) is 1. The minimum Gasteiger partial charge on any atom is -0.385 e. The molecule has 0 atom stereocenters. The minimum absolute atomic E-state index is 0.320. The number of aliphatic hydroxyl groups is 1. The Kier molecular flexibility index (Phi) is 5.49. The van der Waals surface area contributed by atoms with Gasteiger partial charge in [0.15, 0.2) is 0 Å². The SMILES string of the molecule is COCCn1cc(CN2CCC(O)(c3ccccc3F)CC2)c2ccccc21. The molecule has 1 aliphatic rings. The molecule has 3 aromatic rings. The van der Waals surface area contributed by atoms with Gasteiger partial charge in [-0.1, -0.05) is 36.4 Å². The van der Waals surface area contributed by atoms with Crippen molar-refractivity contribution in [1.82, 2.24) is 9.47 Å². The lowest BCUT2D eigenvalue weighted by atomic mass is 9.84. The van der Waals surface area contributed by atoms with E-state index >= 15 is 0 Å². The number of ether oxygens (including phenoxy) is 1. The molecule has 2 heterocycles. The maximum atomic E-state index is 14.2. The third kappa shape index (κ3) is 3.70. The molecule has 28 heavy (non-hydrogen) atoms. The summed E-state index contributed by atoms with van der Waals surface area (Å²) in [4.78, 5) is 2.34. The zero-order valence-corrected chi connectivity index (χ0v) is 16.3. The van der Waals surface area contributed by atoms with Crippen LogP contribution in [0.15, 0.2) is 54.7 Å². The van der Waals surface area contributed by atoms with E-state index in [4.69, 9.17) is 4.74 Å². The quantitative estimate of drug-likeness (QED) is 0.702. The Morgan fingerprint density at radius 2 is 1.79 bits per heavy atom. The molecule has 0 radical (unpaired) electrons. The average molecular weight is 382 g/mol. The van der Waals surface area contributed by atoms with Crippen molar-refractivity contribution in [2.45, 2.75) is 31.5 Å². The fourth-order valence-electron chi connectivity index (χ4n) is 4.25. The lowest BCUT2D eigenvalue weighted by molar-refractivity contribution is -0.0302. The summed E-state index contributed by atoms with van der Waals surface area (Å²) in [6.45, 7) is 3.81. The Balaban J connectivity index is 1.49. The molecule has 1 fully saturated rings.